The Morgan fingerprint density at radius 1 is 0.862 bits per heavy atom. The highest BCUT2D eigenvalue weighted by Crippen LogP contribution is 2.41. The van der Waals surface area contributed by atoms with Crippen molar-refractivity contribution in [1.29, 1.82) is 0 Å². The number of hydrogen-bond acceptors (Lipinski definition) is 3. The number of rotatable bonds is 5. The molecule has 3 nitrogen and oxygen atoms in total. The molecule has 0 aliphatic carbocycles. The number of hydrogen-bond donors (Lipinski definition) is 0. The summed E-state index contributed by atoms with van der Waals surface area (Å²) in [4.78, 5) is 13.1. The molecule has 4 heteroatoms. The van der Waals surface area contributed by atoms with E-state index in [4.69, 9.17) is 9.47 Å². The molecular weight excluding hydrogens is 379 g/mol. The third-order valence-corrected chi connectivity index (χ3v) is 5.83. The molecular formula is C25H39O3P. The predicted molar refractivity (Wildman–Crippen MR) is 128 cm³/mol. The van der Waals surface area contributed by atoms with Gasteiger partial charge in [0.2, 0.25) is 0 Å². The Labute approximate surface area is 179 Å². The van der Waals surface area contributed by atoms with Crippen LogP contribution in [0.5, 0.6) is 11.5 Å². The Morgan fingerprint density at radius 2 is 1.34 bits per heavy atom. The summed E-state index contributed by atoms with van der Waals surface area (Å²) in [5, 5.41) is 1.36. The van der Waals surface area contributed by atoms with Gasteiger partial charge in [-0.3, -0.25) is 4.79 Å². The van der Waals surface area contributed by atoms with Gasteiger partial charge in [0, 0.05) is 10.8 Å². The number of esters is 1. The minimum Gasteiger partial charge on any atom is -0.488 e. The van der Waals surface area contributed by atoms with Crippen LogP contribution in [0.4, 0.5) is 0 Å². The van der Waals surface area contributed by atoms with Crippen molar-refractivity contribution in [2.24, 2.45) is 5.41 Å². The molecule has 0 saturated carbocycles. The lowest BCUT2D eigenvalue weighted by molar-refractivity contribution is -0.137. The summed E-state index contributed by atoms with van der Waals surface area (Å²) >= 11 is 0. The van der Waals surface area contributed by atoms with E-state index in [1.54, 1.807) is 0 Å². The van der Waals surface area contributed by atoms with Gasteiger partial charge >= 0.3 is 5.97 Å². The molecule has 2 aromatic carbocycles. The molecule has 162 valence electrons. The third-order valence-electron chi connectivity index (χ3n) is 4.35. The monoisotopic (exact) mass is 418 g/mol. The summed E-state index contributed by atoms with van der Waals surface area (Å²) in [5.41, 5.74) is -0.237. The lowest BCUT2D eigenvalue weighted by Gasteiger charge is -2.32. The van der Waals surface area contributed by atoms with Crippen LogP contribution in [0.1, 0.15) is 68.7 Å². The maximum absolute atomic E-state index is 13.1. The summed E-state index contributed by atoms with van der Waals surface area (Å²) in [5.74, 6) is 1.23. The molecule has 0 bridgehead atoms. The number of benzene rings is 2. The molecule has 2 atom stereocenters. The van der Waals surface area contributed by atoms with Crippen molar-refractivity contribution in [3.63, 3.8) is 0 Å². The summed E-state index contributed by atoms with van der Waals surface area (Å²) in [7, 11) is 0.475. The fraction of sp³-hybridized carbons (Fsp3) is 0.560. The topological polar surface area (TPSA) is 35.5 Å². The molecule has 0 heterocycles. The van der Waals surface area contributed by atoms with Crippen LogP contribution in [0.3, 0.4) is 0 Å². The van der Waals surface area contributed by atoms with Crippen molar-refractivity contribution in [2.45, 2.75) is 79.5 Å². The predicted octanol–water partition coefficient (Wildman–Crippen LogP) is 7.45. The van der Waals surface area contributed by atoms with Crippen LogP contribution in [-0.2, 0) is 4.79 Å². The molecule has 0 aliphatic heterocycles. The molecule has 0 saturated heterocycles. The van der Waals surface area contributed by atoms with E-state index >= 15 is 0 Å². The average Bonchev–Trinajstić information content (AvgIpc) is 2.61. The average molecular weight is 419 g/mol. The van der Waals surface area contributed by atoms with Crippen LogP contribution in [0.2, 0.25) is 0 Å². The second kappa shape index (κ2) is 9.94. The normalized spacial score (nSPS) is 14.3. The first kappa shape index (κ1) is 25.4. The largest absolute Gasteiger partial charge is 0.488 e. The summed E-state index contributed by atoms with van der Waals surface area (Å²) in [6.07, 6.45) is 0.789. The van der Waals surface area contributed by atoms with E-state index < -0.39 is 5.16 Å². The van der Waals surface area contributed by atoms with Gasteiger partial charge in [0.15, 0.2) is 0 Å². The van der Waals surface area contributed by atoms with Gasteiger partial charge in [-0.15, -0.1) is 8.58 Å². The molecule has 29 heavy (non-hydrogen) atoms. The van der Waals surface area contributed by atoms with Gasteiger partial charge in [-0.2, -0.15) is 0 Å². The molecule has 2 rings (SSSR count). The van der Waals surface area contributed by atoms with Crippen LogP contribution in [0.15, 0.2) is 36.4 Å². The van der Waals surface area contributed by atoms with Crippen LogP contribution in [-0.4, -0.2) is 23.4 Å². The maximum Gasteiger partial charge on any atom is 0.321 e. The van der Waals surface area contributed by atoms with Crippen molar-refractivity contribution < 1.29 is 14.3 Å². The van der Waals surface area contributed by atoms with Crippen molar-refractivity contribution in [2.75, 3.05) is 6.66 Å². The fourth-order valence-electron chi connectivity index (χ4n) is 3.30. The van der Waals surface area contributed by atoms with Gasteiger partial charge in [0.1, 0.15) is 17.1 Å². The quantitative estimate of drug-likeness (QED) is 0.287. The second-order valence-corrected chi connectivity index (χ2v) is 11.1. The van der Waals surface area contributed by atoms with E-state index in [1.807, 2.05) is 77.9 Å². The Balaban J connectivity index is 0.00000204. The summed E-state index contributed by atoms with van der Waals surface area (Å²) < 4.78 is 12.0. The molecule has 0 radical (unpaired) electrons. The molecule has 0 spiro atoms. The van der Waals surface area contributed by atoms with Crippen molar-refractivity contribution in [3.05, 3.63) is 36.4 Å². The Hall–Kier alpha value is -1.60. The highest BCUT2D eigenvalue weighted by atomic mass is 31.1. The lowest BCUT2D eigenvalue weighted by atomic mass is 9.85. The maximum atomic E-state index is 13.1. The number of fused-ring (bicyclic) bond motifs is 1. The Morgan fingerprint density at radius 3 is 1.79 bits per heavy atom. The van der Waals surface area contributed by atoms with E-state index in [2.05, 4.69) is 27.4 Å². The highest BCUT2D eigenvalue weighted by Gasteiger charge is 2.37. The number of carbonyl (C=O) groups is 1. The zero-order chi connectivity index (χ0) is 22.5. The van der Waals surface area contributed by atoms with Crippen molar-refractivity contribution >= 4 is 25.3 Å². The minimum atomic E-state index is -0.486. The van der Waals surface area contributed by atoms with E-state index in [1.165, 1.54) is 0 Å². The summed E-state index contributed by atoms with van der Waals surface area (Å²) in [6.45, 7) is 20.6. The Bertz CT molecular complexity index is 815. The van der Waals surface area contributed by atoms with Gasteiger partial charge < -0.3 is 9.47 Å². The fourth-order valence-corrected chi connectivity index (χ4v) is 4.26. The van der Waals surface area contributed by atoms with E-state index in [0.29, 0.717) is 14.3 Å². The molecule has 0 N–H and O–H groups in total. The first-order valence-corrected chi connectivity index (χ1v) is 12.0. The van der Waals surface area contributed by atoms with E-state index in [9.17, 15) is 4.79 Å². The van der Waals surface area contributed by atoms with Gasteiger partial charge in [0.05, 0.1) is 5.16 Å². The molecule has 2 aromatic rings. The molecule has 0 aromatic heterocycles. The lowest BCUT2D eigenvalue weighted by Crippen LogP contribution is -2.38. The van der Waals surface area contributed by atoms with Crippen LogP contribution >= 0.6 is 8.58 Å². The smallest absolute Gasteiger partial charge is 0.321 e. The zero-order valence-corrected chi connectivity index (χ0v) is 20.9. The van der Waals surface area contributed by atoms with Crippen molar-refractivity contribution in [1.82, 2.24) is 0 Å². The Kier molecular flexibility index (Phi) is 8.72. The van der Waals surface area contributed by atoms with Crippen LogP contribution in [0, 0.1) is 5.41 Å². The number of ether oxygens (including phenoxy) is 2. The van der Waals surface area contributed by atoms with Gasteiger partial charge in [0.25, 0.3) is 0 Å². The molecule has 0 aliphatic rings. The van der Waals surface area contributed by atoms with Crippen molar-refractivity contribution in [3.8, 4) is 11.5 Å². The third kappa shape index (κ3) is 7.30. The second-order valence-electron chi connectivity index (χ2n) is 9.53. The first-order valence-electron chi connectivity index (χ1n) is 10.5. The van der Waals surface area contributed by atoms with Gasteiger partial charge in [-0.25, -0.2) is 0 Å². The van der Waals surface area contributed by atoms with Gasteiger partial charge in [-0.05, 0) is 58.3 Å². The SMILES string of the molecule is CC.CPC(C)(CC(C)(C)C)C(=O)Oc1cccc2c(OC(C)(C)C)cccc12. The number of carbonyl (C=O) groups excluding carboxylic acids is 1. The highest BCUT2D eigenvalue weighted by molar-refractivity contribution is 7.40. The molecule has 0 fully saturated rings. The van der Waals surface area contributed by atoms with Crippen LogP contribution in [0.25, 0.3) is 10.8 Å². The van der Waals surface area contributed by atoms with Gasteiger partial charge in [-0.1, -0.05) is 58.9 Å². The van der Waals surface area contributed by atoms with E-state index in [-0.39, 0.29) is 17.0 Å². The standard InChI is InChI=1S/C23H33O3P.C2H6/c1-21(2,3)15-23(7,27-8)20(24)25-18-13-9-12-17-16(18)11-10-14-19(17)26-22(4,5)6;1-2/h9-14,27H,15H2,1-8H3;1-2H3. The van der Waals surface area contributed by atoms with E-state index in [0.717, 1.165) is 22.9 Å². The minimum absolute atomic E-state index is 0.0588. The molecule has 2 unspecified atom stereocenters. The first-order chi connectivity index (χ1) is 13.3. The zero-order valence-electron chi connectivity index (χ0n) is 19.9. The molecule has 0 amide bonds. The van der Waals surface area contributed by atoms with Crippen LogP contribution < -0.4 is 9.47 Å². The summed E-state index contributed by atoms with van der Waals surface area (Å²) in [6, 6.07) is 11.6.